The molecule has 9 heteroatoms. The van der Waals surface area contributed by atoms with Gasteiger partial charge in [0.2, 0.25) is 5.91 Å². The summed E-state index contributed by atoms with van der Waals surface area (Å²) in [5, 5.41) is 19.0. The van der Waals surface area contributed by atoms with Gasteiger partial charge in [-0.2, -0.15) is 0 Å². The summed E-state index contributed by atoms with van der Waals surface area (Å²) < 4.78 is 7.34. The monoisotopic (exact) mass is 449 g/mol. The standard InChI is InChI=1S/C24H27N5O4/c30-23(29-21-8-3-6-17(21)12-22(29)24(31)32)15-33-10-4-9-28-14-20(26-27-28)18-11-16-5-1-2-7-19(16)25-13-18/h1-2,5,7,11,13-14,17,21-22H,3-4,6,8-10,12,15H2,(H,31,32)/t17-,21-,22-/m0/s1. The maximum Gasteiger partial charge on any atom is 0.326 e. The van der Waals surface area contributed by atoms with Crippen LogP contribution in [0.5, 0.6) is 0 Å². The minimum absolute atomic E-state index is 0.0559. The lowest BCUT2D eigenvalue weighted by Crippen LogP contribution is -2.46. The number of aliphatic carboxylic acids is 1. The molecular formula is C24H27N5O4. The number of carbonyl (C=O) groups excluding carboxylic acids is 1. The molecule has 3 atom stereocenters. The van der Waals surface area contributed by atoms with Gasteiger partial charge in [-0.3, -0.25) is 14.5 Å². The minimum atomic E-state index is -0.915. The van der Waals surface area contributed by atoms with E-state index in [1.807, 2.05) is 36.5 Å². The molecule has 0 bridgehead atoms. The van der Waals surface area contributed by atoms with Crippen LogP contribution in [0.3, 0.4) is 0 Å². The van der Waals surface area contributed by atoms with Crippen LogP contribution in [-0.4, -0.2) is 67.2 Å². The molecule has 1 saturated carbocycles. The summed E-state index contributed by atoms with van der Waals surface area (Å²) in [4.78, 5) is 30.3. The van der Waals surface area contributed by atoms with E-state index < -0.39 is 12.0 Å². The Bertz CT molecular complexity index is 1160. The molecule has 3 heterocycles. The van der Waals surface area contributed by atoms with Gasteiger partial charge in [0.05, 0.1) is 11.7 Å². The third-order valence-corrected chi connectivity index (χ3v) is 6.74. The van der Waals surface area contributed by atoms with Gasteiger partial charge in [0.1, 0.15) is 18.3 Å². The van der Waals surface area contributed by atoms with Crippen molar-refractivity contribution < 1.29 is 19.4 Å². The van der Waals surface area contributed by atoms with Gasteiger partial charge in [-0.05, 0) is 43.7 Å². The predicted octanol–water partition coefficient (Wildman–Crippen LogP) is 2.75. The molecule has 9 nitrogen and oxygen atoms in total. The van der Waals surface area contributed by atoms with Gasteiger partial charge >= 0.3 is 5.97 Å². The Hall–Kier alpha value is -3.33. The van der Waals surface area contributed by atoms with Crippen molar-refractivity contribution in [3.8, 4) is 11.3 Å². The van der Waals surface area contributed by atoms with Gasteiger partial charge < -0.3 is 14.7 Å². The van der Waals surface area contributed by atoms with Gasteiger partial charge in [0.25, 0.3) is 0 Å². The fourth-order valence-corrected chi connectivity index (χ4v) is 5.18. The Morgan fingerprint density at radius 1 is 1.21 bits per heavy atom. The third kappa shape index (κ3) is 4.45. The Balaban J connectivity index is 1.10. The average molecular weight is 450 g/mol. The van der Waals surface area contributed by atoms with Crippen molar-refractivity contribution in [2.45, 2.75) is 50.7 Å². The van der Waals surface area contributed by atoms with Crippen LogP contribution in [0, 0.1) is 5.92 Å². The van der Waals surface area contributed by atoms with E-state index in [2.05, 4.69) is 15.3 Å². The Morgan fingerprint density at radius 2 is 2.09 bits per heavy atom. The van der Waals surface area contributed by atoms with Crippen LogP contribution in [0.4, 0.5) is 0 Å². The summed E-state index contributed by atoms with van der Waals surface area (Å²) in [6.45, 7) is 0.908. The molecule has 0 spiro atoms. The van der Waals surface area contributed by atoms with E-state index in [4.69, 9.17) is 4.74 Å². The molecule has 2 fully saturated rings. The number of amides is 1. The molecule has 33 heavy (non-hydrogen) atoms. The second-order valence-electron chi connectivity index (χ2n) is 8.84. The Labute approximate surface area is 191 Å². The summed E-state index contributed by atoms with van der Waals surface area (Å²) in [7, 11) is 0. The molecule has 1 aromatic carbocycles. The smallest absolute Gasteiger partial charge is 0.326 e. The number of carboxylic acid groups (broad SMARTS) is 1. The van der Waals surface area contributed by atoms with Crippen LogP contribution >= 0.6 is 0 Å². The second kappa shape index (κ2) is 9.27. The highest BCUT2D eigenvalue weighted by Crippen LogP contribution is 2.41. The number of pyridine rings is 1. The molecule has 0 unspecified atom stereocenters. The van der Waals surface area contributed by atoms with Crippen molar-refractivity contribution >= 4 is 22.8 Å². The number of carbonyl (C=O) groups is 2. The van der Waals surface area contributed by atoms with Gasteiger partial charge in [0.15, 0.2) is 0 Å². The molecule has 2 aliphatic rings. The fourth-order valence-electron chi connectivity index (χ4n) is 5.18. The number of aryl methyl sites for hydroxylation is 1. The van der Waals surface area contributed by atoms with Crippen LogP contribution in [0.2, 0.25) is 0 Å². The predicted molar refractivity (Wildman–Crippen MR) is 120 cm³/mol. The number of para-hydroxylation sites is 1. The summed E-state index contributed by atoms with van der Waals surface area (Å²) in [6, 6.07) is 9.31. The first-order valence-corrected chi connectivity index (χ1v) is 11.5. The quantitative estimate of drug-likeness (QED) is 0.527. The van der Waals surface area contributed by atoms with E-state index in [0.717, 1.165) is 41.4 Å². The Morgan fingerprint density at radius 3 is 2.97 bits per heavy atom. The van der Waals surface area contributed by atoms with E-state index in [1.165, 1.54) is 0 Å². The van der Waals surface area contributed by atoms with Gasteiger partial charge in [-0.1, -0.05) is 29.8 Å². The Kier molecular flexibility index (Phi) is 6.04. The largest absolute Gasteiger partial charge is 0.480 e. The number of hydrogen-bond acceptors (Lipinski definition) is 6. The summed E-state index contributed by atoms with van der Waals surface area (Å²) >= 11 is 0. The number of nitrogens with zero attached hydrogens (tertiary/aromatic N) is 5. The highest BCUT2D eigenvalue weighted by atomic mass is 16.5. The number of aromatic nitrogens is 4. The lowest BCUT2D eigenvalue weighted by Gasteiger charge is -2.27. The molecule has 1 amide bonds. The number of rotatable bonds is 8. The number of fused-ring (bicyclic) bond motifs is 2. The van der Waals surface area contributed by atoms with E-state index in [-0.39, 0.29) is 18.6 Å². The molecule has 1 N–H and O–H groups in total. The summed E-state index contributed by atoms with van der Waals surface area (Å²) in [5.41, 5.74) is 2.60. The lowest BCUT2D eigenvalue weighted by atomic mass is 10.0. The third-order valence-electron chi connectivity index (χ3n) is 6.74. The number of likely N-dealkylation sites (tertiary alicyclic amines) is 1. The molecule has 3 aromatic rings. The number of hydrogen-bond donors (Lipinski definition) is 1. The van der Waals surface area contributed by atoms with Crippen molar-refractivity contribution in [2.75, 3.05) is 13.2 Å². The molecule has 1 saturated heterocycles. The van der Waals surface area contributed by atoms with Crippen LogP contribution < -0.4 is 0 Å². The molecule has 0 radical (unpaired) electrons. The molecule has 5 rings (SSSR count). The van der Waals surface area contributed by atoms with Crippen molar-refractivity contribution in [1.82, 2.24) is 24.9 Å². The van der Waals surface area contributed by atoms with Crippen LogP contribution in [-0.2, 0) is 20.9 Å². The highest BCUT2D eigenvalue weighted by molar-refractivity contribution is 5.85. The normalized spacial score (nSPS) is 22.1. The number of carboxylic acids is 1. The maximum atomic E-state index is 12.7. The van der Waals surface area contributed by atoms with Gasteiger partial charge in [0, 0.05) is 36.3 Å². The highest BCUT2D eigenvalue weighted by Gasteiger charge is 2.48. The van der Waals surface area contributed by atoms with E-state index in [1.54, 1.807) is 15.8 Å². The molecule has 2 aromatic heterocycles. The topological polar surface area (TPSA) is 110 Å². The van der Waals surface area contributed by atoms with E-state index in [9.17, 15) is 14.7 Å². The second-order valence-corrected chi connectivity index (χ2v) is 8.84. The summed E-state index contributed by atoms with van der Waals surface area (Å²) in [5.74, 6) is -0.820. The fraction of sp³-hybridized carbons (Fsp3) is 0.458. The van der Waals surface area contributed by atoms with E-state index in [0.29, 0.717) is 31.9 Å². The van der Waals surface area contributed by atoms with Crippen LogP contribution in [0.25, 0.3) is 22.2 Å². The molecule has 1 aliphatic carbocycles. The van der Waals surface area contributed by atoms with Crippen molar-refractivity contribution in [3.63, 3.8) is 0 Å². The van der Waals surface area contributed by atoms with Crippen molar-refractivity contribution in [3.05, 3.63) is 42.7 Å². The van der Waals surface area contributed by atoms with E-state index >= 15 is 0 Å². The van der Waals surface area contributed by atoms with Gasteiger partial charge in [-0.25, -0.2) is 4.79 Å². The molecule has 172 valence electrons. The average Bonchev–Trinajstić information content (AvgIpc) is 3.54. The lowest BCUT2D eigenvalue weighted by molar-refractivity contribution is -0.151. The van der Waals surface area contributed by atoms with Gasteiger partial charge in [-0.15, -0.1) is 5.10 Å². The first kappa shape index (κ1) is 21.5. The zero-order chi connectivity index (χ0) is 22.8. The first-order valence-electron chi connectivity index (χ1n) is 11.5. The number of benzene rings is 1. The van der Waals surface area contributed by atoms with Crippen molar-refractivity contribution in [1.29, 1.82) is 0 Å². The van der Waals surface area contributed by atoms with Crippen LogP contribution in [0.1, 0.15) is 32.1 Å². The molecular weight excluding hydrogens is 422 g/mol. The summed E-state index contributed by atoms with van der Waals surface area (Å²) in [6.07, 6.45) is 7.85. The number of ether oxygens (including phenoxy) is 1. The van der Waals surface area contributed by atoms with Crippen LogP contribution in [0.15, 0.2) is 42.7 Å². The maximum absolute atomic E-state index is 12.7. The minimum Gasteiger partial charge on any atom is -0.480 e. The zero-order valence-electron chi connectivity index (χ0n) is 18.3. The van der Waals surface area contributed by atoms with Crippen molar-refractivity contribution in [2.24, 2.45) is 5.92 Å². The SMILES string of the molecule is O=C(O)[C@@H]1C[C@@H]2CCC[C@@H]2N1C(=O)COCCCn1cc(-c2cnc3ccccc3c2)nn1. The first-order chi connectivity index (χ1) is 16.1. The zero-order valence-corrected chi connectivity index (χ0v) is 18.3. The molecule has 1 aliphatic heterocycles.